The maximum atomic E-state index is 2.27. The largest absolute Gasteiger partial charge is 0.292 e. The van der Waals surface area contributed by atoms with Gasteiger partial charge in [0, 0.05) is 0 Å². The van der Waals surface area contributed by atoms with Crippen LogP contribution in [-0.4, -0.2) is 10.2 Å². The van der Waals surface area contributed by atoms with E-state index in [9.17, 15) is 0 Å². The minimum Gasteiger partial charge on any atom is -0.292 e. The van der Waals surface area contributed by atoms with E-state index in [1.54, 1.807) is 0 Å². The Morgan fingerprint density at radius 1 is 1.00 bits per heavy atom. The van der Waals surface area contributed by atoms with Crippen molar-refractivity contribution in [1.82, 2.24) is 0 Å². The van der Waals surface area contributed by atoms with Gasteiger partial charge in [-0.05, 0) is 0 Å². The second-order valence-corrected chi connectivity index (χ2v) is 4.31. The molecule has 0 aromatic heterocycles. The summed E-state index contributed by atoms with van der Waals surface area (Å²) in [5, 5.41) is 0. The van der Waals surface area contributed by atoms with E-state index in [0.717, 1.165) is 5.54 Å². The molecular weight excluding hydrogens is 136 g/mol. The Bertz CT molecular complexity index is 53.7. The molecule has 0 amide bonds. The summed E-state index contributed by atoms with van der Waals surface area (Å²) in [4.78, 5) is 0. The van der Waals surface area contributed by atoms with Gasteiger partial charge in [-0.25, -0.2) is 0 Å². The summed E-state index contributed by atoms with van der Waals surface area (Å²) in [7, 11) is 2.19. The fourth-order valence-corrected chi connectivity index (χ4v) is 1.71. The minimum atomic E-state index is 1.000. The van der Waals surface area contributed by atoms with E-state index in [2.05, 4.69) is 24.1 Å². The fraction of sp³-hybridized carbons (Fsp3) is 1.00. The van der Waals surface area contributed by atoms with Crippen LogP contribution in [0.5, 0.6) is 0 Å². The molecular formula is C9H21Si-. The van der Waals surface area contributed by atoms with Crippen molar-refractivity contribution in [2.45, 2.75) is 57.9 Å². The Morgan fingerprint density at radius 3 is 1.70 bits per heavy atom. The summed E-state index contributed by atoms with van der Waals surface area (Å²) in [6.45, 7) is 4.55. The molecule has 0 aliphatic heterocycles. The normalized spacial score (nSPS) is 10.8. The molecule has 0 N–H and O–H groups in total. The smallest absolute Gasteiger partial charge is 0.0561 e. The second kappa shape index (κ2) is 7.33. The van der Waals surface area contributed by atoms with Crippen molar-refractivity contribution in [2.75, 3.05) is 0 Å². The second-order valence-electron chi connectivity index (χ2n) is 3.15. The minimum absolute atomic E-state index is 1.000. The van der Waals surface area contributed by atoms with Gasteiger partial charge in [-0.15, -0.1) is 0 Å². The van der Waals surface area contributed by atoms with Crippen LogP contribution < -0.4 is 0 Å². The van der Waals surface area contributed by atoms with E-state index in [0.29, 0.717) is 0 Å². The zero-order valence-electron chi connectivity index (χ0n) is 7.53. The lowest BCUT2D eigenvalue weighted by Crippen LogP contribution is -1.91. The van der Waals surface area contributed by atoms with Gasteiger partial charge in [-0.1, -0.05) is 52.4 Å². The lowest BCUT2D eigenvalue weighted by atomic mass is 10.1. The van der Waals surface area contributed by atoms with E-state index in [-0.39, 0.29) is 0 Å². The Balaban J connectivity index is 3.00. The first-order valence-corrected chi connectivity index (χ1v) is 5.46. The van der Waals surface area contributed by atoms with Gasteiger partial charge in [-0.2, -0.15) is 5.54 Å². The van der Waals surface area contributed by atoms with Crippen LogP contribution in [0.2, 0.25) is 5.54 Å². The third-order valence-corrected chi connectivity index (χ3v) is 2.75. The first-order chi connectivity index (χ1) is 4.81. The predicted molar refractivity (Wildman–Crippen MR) is 51.3 cm³/mol. The summed E-state index contributed by atoms with van der Waals surface area (Å²) >= 11 is 0. The van der Waals surface area contributed by atoms with E-state index in [1.165, 1.54) is 38.5 Å². The van der Waals surface area contributed by atoms with Crippen LogP contribution in [-0.2, 0) is 0 Å². The van der Waals surface area contributed by atoms with Gasteiger partial charge in [0.2, 0.25) is 0 Å². The highest BCUT2D eigenvalue weighted by atomic mass is 28.1. The molecule has 10 heavy (non-hydrogen) atoms. The highest BCUT2D eigenvalue weighted by molar-refractivity contribution is 6.11. The molecule has 0 aromatic rings. The van der Waals surface area contributed by atoms with E-state index in [1.807, 2.05) is 0 Å². The molecule has 62 valence electrons. The topological polar surface area (TPSA) is 0 Å². The maximum absolute atomic E-state index is 2.27. The first-order valence-electron chi connectivity index (χ1n) is 4.64. The van der Waals surface area contributed by atoms with Crippen molar-refractivity contribution in [3.05, 3.63) is 0 Å². The molecule has 0 aliphatic carbocycles. The first kappa shape index (κ1) is 10.2. The van der Waals surface area contributed by atoms with Crippen LogP contribution in [0.15, 0.2) is 0 Å². The Kier molecular flexibility index (Phi) is 7.48. The van der Waals surface area contributed by atoms with Gasteiger partial charge in [0.25, 0.3) is 0 Å². The standard InChI is InChI=1S/C9H21Si/c1-3-5-7-9(10)8-6-4-2/h9H,3-8,10H2,1-2H3/q-1. The van der Waals surface area contributed by atoms with Crippen molar-refractivity contribution in [2.24, 2.45) is 0 Å². The highest BCUT2D eigenvalue weighted by Crippen LogP contribution is 2.17. The predicted octanol–water partition coefficient (Wildman–Crippen LogP) is 2.79. The quantitative estimate of drug-likeness (QED) is 0.520. The molecule has 0 saturated carbocycles. The molecule has 0 nitrogen and oxygen atoms in total. The number of rotatable bonds is 6. The van der Waals surface area contributed by atoms with E-state index in [4.69, 9.17) is 0 Å². The molecule has 0 bridgehead atoms. The Hall–Kier alpha value is 0.217. The molecule has 1 heteroatoms. The van der Waals surface area contributed by atoms with Crippen LogP contribution in [0.4, 0.5) is 0 Å². The van der Waals surface area contributed by atoms with Gasteiger partial charge < -0.3 is 0 Å². The summed E-state index contributed by atoms with van der Waals surface area (Å²) in [6, 6.07) is 0. The van der Waals surface area contributed by atoms with Crippen LogP contribution in [0.3, 0.4) is 0 Å². The van der Waals surface area contributed by atoms with Gasteiger partial charge in [0.15, 0.2) is 0 Å². The number of hydrogen-bond acceptors (Lipinski definition) is 0. The number of hydrogen-bond donors (Lipinski definition) is 0. The maximum Gasteiger partial charge on any atom is -0.0561 e. The summed E-state index contributed by atoms with van der Waals surface area (Å²) in [5.41, 5.74) is 1.000. The average molecular weight is 157 g/mol. The molecule has 0 spiro atoms. The van der Waals surface area contributed by atoms with Crippen molar-refractivity contribution in [3.8, 4) is 0 Å². The third kappa shape index (κ3) is 6.34. The van der Waals surface area contributed by atoms with Crippen LogP contribution >= 0.6 is 0 Å². The van der Waals surface area contributed by atoms with Crippen molar-refractivity contribution < 1.29 is 0 Å². The fourth-order valence-electron chi connectivity index (χ4n) is 1.13. The molecule has 0 fully saturated rings. The molecule has 0 rings (SSSR count). The lowest BCUT2D eigenvalue weighted by Gasteiger charge is -2.15. The van der Waals surface area contributed by atoms with E-state index < -0.39 is 0 Å². The SMILES string of the molecule is CCCCC([SiH2-])CCCC. The van der Waals surface area contributed by atoms with Crippen molar-refractivity contribution in [3.63, 3.8) is 0 Å². The third-order valence-electron chi connectivity index (χ3n) is 1.93. The van der Waals surface area contributed by atoms with Gasteiger partial charge in [0.1, 0.15) is 0 Å². The van der Waals surface area contributed by atoms with Gasteiger partial charge >= 0.3 is 0 Å². The average Bonchev–Trinajstić information content (AvgIpc) is 1.97. The zero-order valence-corrected chi connectivity index (χ0v) is 8.94. The van der Waals surface area contributed by atoms with Gasteiger partial charge in [0.05, 0.1) is 0 Å². The summed E-state index contributed by atoms with van der Waals surface area (Å²) in [5.74, 6) is 0. The molecule has 0 heterocycles. The highest BCUT2D eigenvalue weighted by Gasteiger charge is 1.92. The van der Waals surface area contributed by atoms with Crippen molar-refractivity contribution >= 4 is 10.2 Å². The lowest BCUT2D eigenvalue weighted by molar-refractivity contribution is 0.601. The molecule has 0 radical (unpaired) electrons. The monoisotopic (exact) mass is 157 g/mol. The van der Waals surface area contributed by atoms with Crippen LogP contribution in [0, 0.1) is 0 Å². The zero-order chi connectivity index (χ0) is 7.82. The molecule has 0 unspecified atom stereocenters. The van der Waals surface area contributed by atoms with Gasteiger partial charge in [-0.3, -0.25) is 10.2 Å². The van der Waals surface area contributed by atoms with E-state index >= 15 is 0 Å². The molecule has 0 atom stereocenters. The summed E-state index contributed by atoms with van der Waals surface area (Å²) in [6.07, 6.45) is 8.49. The molecule has 0 saturated heterocycles. The Morgan fingerprint density at radius 2 is 1.40 bits per heavy atom. The van der Waals surface area contributed by atoms with Crippen LogP contribution in [0.25, 0.3) is 0 Å². The Labute approximate surface area is 68.8 Å². The molecule has 0 aliphatic rings. The number of unbranched alkanes of at least 4 members (excludes halogenated alkanes) is 2. The van der Waals surface area contributed by atoms with Crippen molar-refractivity contribution in [1.29, 1.82) is 0 Å². The van der Waals surface area contributed by atoms with Crippen LogP contribution in [0.1, 0.15) is 52.4 Å². The molecule has 0 aromatic carbocycles. The summed E-state index contributed by atoms with van der Waals surface area (Å²) < 4.78 is 0.